The zero-order valence-electron chi connectivity index (χ0n) is 12.3. The summed E-state index contributed by atoms with van der Waals surface area (Å²) in [5.74, 6) is 0.613. The summed E-state index contributed by atoms with van der Waals surface area (Å²) in [5, 5.41) is 9.38. The van der Waals surface area contributed by atoms with Crippen LogP contribution in [0.5, 0.6) is 5.75 Å². The highest BCUT2D eigenvalue weighted by molar-refractivity contribution is 7.89. The highest BCUT2D eigenvalue weighted by Gasteiger charge is 2.16. The van der Waals surface area contributed by atoms with E-state index in [2.05, 4.69) is 5.10 Å². The molecule has 2 N–H and O–H groups in total. The molecule has 114 valence electrons. The maximum atomic E-state index is 11.5. The fourth-order valence-corrected chi connectivity index (χ4v) is 3.28. The molecule has 21 heavy (non-hydrogen) atoms. The van der Waals surface area contributed by atoms with Gasteiger partial charge in [-0.05, 0) is 44.0 Å². The van der Waals surface area contributed by atoms with E-state index in [9.17, 15) is 8.42 Å². The van der Waals surface area contributed by atoms with Crippen LogP contribution in [0.2, 0.25) is 0 Å². The molecule has 2 aromatic rings. The third-order valence-corrected chi connectivity index (χ3v) is 4.35. The van der Waals surface area contributed by atoms with Gasteiger partial charge in [-0.15, -0.1) is 0 Å². The minimum atomic E-state index is -3.72. The molecule has 0 aliphatic heterocycles. The lowest BCUT2D eigenvalue weighted by molar-refractivity contribution is 0.305. The minimum absolute atomic E-state index is 0.161. The highest BCUT2D eigenvalue weighted by Crippen LogP contribution is 2.25. The number of primary sulfonamides is 1. The van der Waals surface area contributed by atoms with Crippen LogP contribution < -0.4 is 9.88 Å². The second-order valence-corrected chi connectivity index (χ2v) is 6.42. The summed E-state index contributed by atoms with van der Waals surface area (Å²) in [6.45, 7) is 6.61. The molecular formula is C14H19N3O3S. The summed E-state index contributed by atoms with van der Waals surface area (Å²) in [5.41, 5.74) is 2.12. The number of hydrogen-bond acceptors (Lipinski definition) is 4. The molecule has 1 heterocycles. The van der Waals surface area contributed by atoms with E-state index in [1.165, 1.54) is 0 Å². The van der Waals surface area contributed by atoms with E-state index in [-0.39, 0.29) is 4.90 Å². The molecule has 0 amide bonds. The zero-order chi connectivity index (χ0) is 15.6. The van der Waals surface area contributed by atoms with Crippen molar-refractivity contribution in [1.29, 1.82) is 0 Å². The van der Waals surface area contributed by atoms with Crippen LogP contribution in [0.1, 0.15) is 23.6 Å². The number of hydrogen-bond donors (Lipinski definition) is 1. The van der Waals surface area contributed by atoms with Crippen LogP contribution in [0, 0.1) is 13.8 Å². The van der Waals surface area contributed by atoms with Gasteiger partial charge in [-0.3, -0.25) is 4.68 Å². The molecule has 0 saturated carbocycles. The van der Waals surface area contributed by atoms with Crippen molar-refractivity contribution in [2.24, 2.45) is 5.14 Å². The Bertz CT molecular complexity index is 728. The topological polar surface area (TPSA) is 87.2 Å². The van der Waals surface area contributed by atoms with E-state index in [4.69, 9.17) is 9.88 Å². The van der Waals surface area contributed by atoms with Gasteiger partial charge in [0.25, 0.3) is 0 Å². The first-order valence-electron chi connectivity index (χ1n) is 6.59. The molecule has 0 unspecified atom stereocenters. The number of aromatic nitrogens is 2. The molecule has 7 heteroatoms. The van der Waals surface area contributed by atoms with Crippen LogP contribution in [0.4, 0.5) is 0 Å². The highest BCUT2D eigenvalue weighted by atomic mass is 32.2. The van der Waals surface area contributed by atoms with E-state index in [0.29, 0.717) is 23.5 Å². The molecule has 1 aromatic carbocycles. The Kier molecular flexibility index (Phi) is 4.34. The van der Waals surface area contributed by atoms with Gasteiger partial charge in [0.05, 0.1) is 11.1 Å². The Balaban J connectivity index is 2.18. The van der Waals surface area contributed by atoms with Gasteiger partial charge < -0.3 is 4.74 Å². The minimum Gasteiger partial charge on any atom is -0.489 e. The SMILES string of the molecule is CCn1cc(COc2cc(C)c(S(N)(=O)=O)c(C)c2)cn1. The van der Waals surface area contributed by atoms with Crippen LogP contribution in [-0.2, 0) is 23.2 Å². The quantitative estimate of drug-likeness (QED) is 0.911. The average molecular weight is 309 g/mol. The Hall–Kier alpha value is -1.86. The summed E-state index contributed by atoms with van der Waals surface area (Å²) < 4.78 is 30.6. The fourth-order valence-electron chi connectivity index (χ4n) is 2.26. The molecule has 0 spiro atoms. The van der Waals surface area contributed by atoms with Crippen LogP contribution >= 0.6 is 0 Å². The first-order valence-corrected chi connectivity index (χ1v) is 8.14. The lowest BCUT2D eigenvalue weighted by atomic mass is 10.1. The fraction of sp³-hybridized carbons (Fsp3) is 0.357. The van der Waals surface area contributed by atoms with Gasteiger partial charge in [-0.2, -0.15) is 5.10 Å². The van der Waals surface area contributed by atoms with E-state index < -0.39 is 10.0 Å². The lowest BCUT2D eigenvalue weighted by Gasteiger charge is -2.11. The molecule has 0 aliphatic rings. The molecule has 0 atom stereocenters. The number of rotatable bonds is 5. The molecule has 0 bridgehead atoms. The summed E-state index contributed by atoms with van der Waals surface area (Å²) in [6, 6.07) is 3.36. The van der Waals surface area contributed by atoms with Crippen molar-refractivity contribution >= 4 is 10.0 Å². The molecule has 1 aromatic heterocycles. The van der Waals surface area contributed by atoms with Crippen molar-refractivity contribution in [2.45, 2.75) is 38.8 Å². The van der Waals surface area contributed by atoms with Gasteiger partial charge in [0.2, 0.25) is 10.0 Å². The summed E-state index contributed by atoms with van der Waals surface area (Å²) in [7, 11) is -3.72. The van der Waals surface area contributed by atoms with E-state index in [1.54, 1.807) is 32.2 Å². The third kappa shape index (κ3) is 3.62. The second-order valence-electron chi connectivity index (χ2n) is 4.92. The van der Waals surface area contributed by atoms with Crippen molar-refractivity contribution in [3.8, 4) is 5.75 Å². The molecule has 0 fully saturated rings. The number of benzene rings is 1. The lowest BCUT2D eigenvalue weighted by Crippen LogP contribution is -2.15. The molecule has 0 saturated heterocycles. The van der Waals surface area contributed by atoms with Gasteiger partial charge in [0, 0.05) is 18.3 Å². The van der Waals surface area contributed by atoms with Gasteiger partial charge in [0.1, 0.15) is 12.4 Å². The van der Waals surface area contributed by atoms with Gasteiger partial charge >= 0.3 is 0 Å². The molecule has 0 aliphatic carbocycles. The number of sulfonamides is 1. The molecule has 2 rings (SSSR count). The normalized spacial score (nSPS) is 11.6. The Morgan fingerprint density at radius 3 is 2.38 bits per heavy atom. The van der Waals surface area contributed by atoms with Crippen molar-refractivity contribution in [3.05, 3.63) is 41.2 Å². The third-order valence-electron chi connectivity index (χ3n) is 3.13. The van der Waals surface area contributed by atoms with Gasteiger partial charge in [-0.1, -0.05) is 0 Å². The molecule has 6 nitrogen and oxygen atoms in total. The maximum Gasteiger partial charge on any atom is 0.238 e. The van der Waals surface area contributed by atoms with Crippen molar-refractivity contribution in [3.63, 3.8) is 0 Å². The molecule has 0 radical (unpaired) electrons. The second kappa shape index (κ2) is 5.87. The number of nitrogens with zero attached hydrogens (tertiary/aromatic N) is 2. The van der Waals surface area contributed by atoms with Crippen molar-refractivity contribution in [2.75, 3.05) is 0 Å². The largest absolute Gasteiger partial charge is 0.489 e. The van der Waals surface area contributed by atoms with E-state index >= 15 is 0 Å². The van der Waals surface area contributed by atoms with Crippen LogP contribution in [0.25, 0.3) is 0 Å². The van der Waals surface area contributed by atoms with Crippen LogP contribution in [0.3, 0.4) is 0 Å². The first-order chi connectivity index (χ1) is 9.81. The Morgan fingerprint density at radius 2 is 1.90 bits per heavy atom. The number of aryl methyl sites for hydroxylation is 3. The summed E-state index contributed by atoms with van der Waals surface area (Å²) in [4.78, 5) is 0.161. The molecular weight excluding hydrogens is 290 g/mol. The van der Waals surface area contributed by atoms with Crippen LogP contribution in [0.15, 0.2) is 29.4 Å². The monoisotopic (exact) mass is 309 g/mol. The zero-order valence-corrected chi connectivity index (χ0v) is 13.1. The standard InChI is InChI=1S/C14H19N3O3S/c1-4-17-8-12(7-16-17)9-20-13-5-10(2)14(11(3)6-13)21(15,18)19/h5-8H,4,9H2,1-3H3,(H2,15,18,19). The summed E-state index contributed by atoms with van der Waals surface area (Å²) >= 11 is 0. The number of nitrogens with two attached hydrogens (primary N) is 1. The smallest absolute Gasteiger partial charge is 0.238 e. The van der Waals surface area contributed by atoms with Crippen molar-refractivity contribution < 1.29 is 13.2 Å². The number of ether oxygens (including phenoxy) is 1. The van der Waals surface area contributed by atoms with Crippen LogP contribution in [-0.4, -0.2) is 18.2 Å². The first kappa shape index (κ1) is 15.5. The summed E-state index contributed by atoms with van der Waals surface area (Å²) in [6.07, 6.45) is 3.67. The van der Waals surface area contributed by atoms with E-state index in [0.717, 1.165) is 12.1 Å². The maximum absolute atomic E-state index is 11.5. The van der Waals surface area contributed by atoms with Gasteiger partial charge in [-0.25, -0.2) is 13.6 Å². The van der Waals surface area contributed by atoms with Crippen molar-refractivity contribution in [1.82, 2.24) is 9.78 Å². The average Bonchev–Trinajstić information content (AvgIpc) is 2.81. The Morgan fingerprint density at radius 1 is 1.29 bits per heavy atom. The van der Waals surface area contributed by atoms with E-state index in [1.807, 2.05) is 17.8 Å². The predicted octanol–water partition coefficient (Wildman–Crippen LogP) is 1.75. The Labute approximate surface area is 124 Å². The predicted molar refractivity (Wildman–Crippen MR) is 79.5 cm³/mol. The van der Waals surface area contributed by atoms with Gasteiger partial charge in [0.15, 0.2) is 0 Å².